The largest absolute Gasteiger partial charge is 0.270 e. The molecule has 128 valence electrons. The number of rotatable bonds is 5. The van der Waals surface area contributed by atoms with Crippen LogP contribution in [0.2, 0.25) is 5.02 Å². The van der Waals surface area contributed by atoms with Crippen LogP contribution in [-0.4, -0.2) is 19.7 Å². The molecule has 2 aromatic carbocycles. The zero-order valence-electron chi connectivity index (χ0n) is 13.8. The van der Waals surface area contributed by atoms with Crippen LogP contribution in [0.5, 0.6) is 0 Å². The standard InChI is InChI=1S/C20H15ClN4S/c21-17-8-6-16(7-9-17)19-23-24-20(25(19)18-4-2-1-3-5-18)26-14-15-10-12-22-13-11-15/h1-13H,14H2. The summed E-state index contributed by atoms with van der Waals surface area (Å²) in [6.45, 7) is 0. The van der Waals surface area contributed by atoms with Crippen molar-refractivity contribution < 1.29 is 0 Å². The van der Waals surface area contributed by atoms with E-state index >= 15 is 0 Å². The molecule has 0 aliphatic carbocycles. The first-order valence-electron chi connectivity index (χ1n) is 8.10. The predicted octanol–water partition coefficient (Wildman–Crippen LogP) is 5.28. The molecule has 6 heteroatoms. The fraction of sp³-hybridized carbons (Fsp3) is 0.0500. The number of thioether (sulfide) groups is 1. The van der Waals surface area contributed by atoms with Gasteiger partial charge in [-0.15, -0.1) is 10.2 Å². The van der Waals surface area contributed by atoms with Gasteiger partial charge >= 0.3 is 0 Å². The number of nitrogens with zero attached hydrogens (tertiary/aromatic N) is 4. The van der Waals surface area contributed by atoms with Crippen molar-refractivity contribution in [1.29, 1.82) is 0 Å². The maximum absolute atomic E-state index is 6.03. The van der Waals surface area contributed by atoms with Crippen LogP contribution >= 0.6 is 23.4 Å². The van der Waals surface area contributed by atoms with Gasteiger partial charge < -0.3 is 0 Å². The summed E-state index contributed by atoms with van der Waals surface area (Å²) in [6, 6.07) is 21.8. The Morgan fingerprint density at radius 3 is 2.31 bits per heavy atom. The van der Waals surface area contributed by atoms with Gasteiger partial charge in [0, 0.05) is 34.4 Å². The third kappa shape index (κ3) is 3.64. The first-order valence-corrected chi connectivity index (χ1v) is 9.46. The highest BCUT2D eigenvalue weighted by atomic mass is 35.5. The number of hydrogen-bond donors (Lipinski definition) is 0. The van der Waals surface area contributed by atoms with Gasteiger partial charge in [-0.2, -0.15) is 0 Å². The lowest BCUT2D eigenvalue weighted by atomic mass is 10.2. The van der Waals surface area contributed by atoms with Crippen molar-refractivity contribution in [3.8, 4) is 17.1 Å². The van der Waals surface area contributed by atoms with Gasteiger partial charge in [0.25, 0.3) is 0 Å². The Labute approximate surface area is 160 Å². The van der Waals surface area contributed by atoms with E-state index in [4.69, 9.17) is 11.6 Å². The summed E-state index contributed by atoms with van der Waals surface area (Å²) >= 11 is 7.68. The van der Waals surface area contributed by atoms with Gasteiger partial charge in [-0.05, 0) is 54.1 Å². The molecule has 0 saturated carbocycles. The number of hydrogen-bond acceptors (Lipinski definition) is 4. The molecule has 4 aromatic rings. The summed E-state index contributed by atoms with van der Waals surface area (Å²) in [5, 5.41) is 10.4. The van der Waals surface area contributed by atoms with Gasteiger partial charge in [0.1, 0.15) is 0 Å². The molecule has 0 aliphatic heterocycles. The summed E-state index contributed by atoms with van der Waals surface area (Å²) in [5.41, 5.74) is 3.20. The van der Waals surface area contributed by atoms with Crippen molar-refractivity contribution in [1.82, 2.24) is 19.7 Å². The van der Waals surface area contributed by atoms with E-state index in [-0.39, 0.29) is 0 Å². The molecule has 0 radical (unpaired) electrons. The van der Waals surface area contributed by atoms with Gasteiger partial charge in [-0.1, -0.05) is 41.6 Å². The average Bonchev–Trinajstić information content (AvgIpc) is 3.12. The minimum absolute atomic E-state index is 0.701. The van der Waals surface area contributed by atoms with E-state index < -0.39 is 0 Å². The predicted molar refractivity (Wildman–Crippen MR) is 106 cm³/mol. The maximum atomic E-state index is 6.03. The minimum Gasteiger partial charge on any atom is -0.270 e. The van der Waals surface area contributed by atoms with E-state index in [0.717, 1.165) is 28.0 Å². The third-order valence-electron chi connectivity index (χ3n) is 3.87. The van der Waals surface area contributed by atoms with Gasteiger partial charge in [0.2, 0.25) is 0 Å². The molecule has 0 unspecified atom stereocenters. The van der Waals surface area contributed by atoms with Crippen LogP contribution in [0.4, 0.5) is 0 Å². The Morgan fingerprint density at radius 2 is 1.58 bits per heavy atom. The van der Waals surface area contributed by atoms with E-state index in [1.165, 1.54) is 5.56 Å². The Balaban J connectivity index is 1.73. The molecule has 0 spiro atoms. The van der Waals surface area contributed by atoms with Crippen LogP contribution in [-0.2, 0) is 5.75 Å². The quantitative estimate of drug-likeness (QED) is 0.443. The minimum atomic E-state index is 0.701. The highest BCUT2D eigenvalue weighted by molar-refractivity contribution is 7.98. The smallest absolute Gasteiger partial charge is 0.196 e. The number of para-hydroxylation sites is 1. The molecule has 0 aliphatic rings. The second-order valence-corrected chi connectivity index (χ2v) is 7.01. The Morgan fingerprint density at radius 1 is 0.846 bits per heavy atom. The molecular formula is C20H15ClN4S. The first-order chi connectivity index (χ1) is 12.8. The molecule has 0 amide bonds. The lowest BCUT2D eigenvalue weighted by Gasteiger charge is -2.10. The SMILES string of the molecule is Clc1ccc(-c2nnc(SCc3ccncc3)n2-c2ccccc2)cc1. The van der Waals surface area contributed by atoms with Crippen LogP contribution in [0.3, 0.4) is 0 Å². The summed E-state index contributed by atoms with van der Waals surface area (Å²) < 4.78 is 2.08. The second kappa shape index (κ2) is 7.72. The molecule has 0 N–H and O–H groups in total. The molecule has 2 aromatic heterocycles. The van der Waals surface area contributed by atoms with E-state index in [0.29, 0.717) is 5.02 Å². The van der Waals surface area contributed by atoms with Crippen molar-refractivity contribution in [3.05, 3.63) is 89.7 Å². The average molecular weight is 379 g/mol. The number of halogens is 1. The van der Waals surface area contributed by atoms with E-state index in [9.17, 15) is 0 Å². The second-order valence-electron chi connectivity index (χ2n) is 5.63. The third-order valence-corrected chi connectivity index (χ3v) is 5.12. The molecule has 0 fully saturated rings. The summed E-state index contributed by atoms with van der Waals surface area (Å²) in [7, 11) is 0. The molecule has 0 saturated heterocycles. The normalized spacial score (nSPS) is 10.8. The van der Waals surface area contributed by atoms with Gasteiger partial charge in [0.15, 0.2) is 11.0 Å². The van der Waals surface area contributed by atoms with E-state index in [1.54, 1.807) is 24.2 Å². The van der Waals surface area contributed by atoms with Crippen molar-refractivity contribution in [2.45, 2.75) is 10.9 Å². The van der Waals surface area contributed by atoms with Crippen molar-refractivity contribution in [3.63, 3.8) is 0 Å². The molecule has 4 nitrogen and oxygen atoms in total. The summed E-state index contributed by atoms with van der Waals surface area (Å²) in [5.74, 6) is 1.60. The van der Waals surface area contributed by atoms with Crippen molar-refractivity contribution in [2.75, 3.05) is 0 Å². The topological polar surface area (TPSA) is 43.6 Å². The fourth-order valence-electron chi connectivity index (χ4n) is 2.59. The number of aromatic nitrogens is 4. The Kier molecular flexibility index (Phi) is 5.00. The van der Waals surface area contributed by atoms with Crippen LogP contribution in [0.1, 0.15) is 5.56 Å². The lowest BCUT2D eigenvalue weighted by Crippen LogP contribution is -1.99. The van der Waals surface area contributed by atoms with Crippen molar-refractivity contribution >= 4 is 23.4 Å². The Bertz CT molecular complexity index is 986. The summed E-state index contributed by atoms with van der Waals surface area (Å²) in [4.78, 5) is 4.06. The van der Waals surface area contributed by atoms with Crippen LogP contribution in [0.15, 0.2) is 84.3 Å². The van der Waals surface area contributed by atoms with Crippen LogP contribution in [0, 0.1) is 0 Å². The zero-order chi connectivity index (χ0) is 17.8. The zero-order valence-corrected chi connectivity index (χ0v) is 15.4. The molecule has 26 heavy (non-hydrogen) atoms. The molecule has 0 bridgehead atoms. The summed E-state index contributed by atoms with van der Waals surface area (Å²) in [6.07, 6.45) is 3.61. The van der Waals surface area contributed by atoms with Gasteiger partial charge in [-0.3, -0.25) is 9.55 Å². The monoisotopic (exact) mass is 378 g/mol. The highest BCUT2D eigenvalue weighted by Gasteiger charge is 2.16. The molecule has 2 heterocycles. The van der Waals surface area contributed by atoms with Crippen LogP contribution in [0.25, 0.3) is 17.1 Å². The molecule has 0 atom stereocenters. The molecule has 4 rings (SSSR count). The molecular weight excluding hydrogens is 364 g/mol. The van der Waals surface area contributed by atoms with Crippen LogP contribution < -0.4 is 0 Å². The number of pyridine rings is 1. The van der Waals surface area contributed by atoms with E-state index in [2.05, 4.69) is 31.9 Å². The van der Waals surface area contributed by atoms with Gasteiger partial charge in [-0.25, -0.2) is 0 Å². The number of benzene rings is 2. The first kappa shape index (κ1) is 16.8. The Hall–Kier alpha value is -2.63. The fourth-order valence-corrected chi connectivity index (χ4v) is 3.62. The van der Waals surface area contributed by atoms with Gasteiger partial charge in [0.05, 0.1) is 0 Å². The van der Waals surface area contributed by atoms with Crippen molar-refractivity contribution in [2.24, 2.45) is 0 Å². The lowest BCUT2D eigenvalue weighted by molar-refractivity contribution is 0.886. The van der Waals surface area contributed by atoms with E-state index in [1.807, 2.05) is 54.6 Å². The maximum Gasteiger partial charge on any atom is 0.196 e. The highest BCUT2D eigenvalue weighted by Crippen LogP contribution is 2.30.